The monoisotopic (exact) mass is 279 g/mol. The van der Waals surface area contributed by atoms with Crippen LogP contribution in [0.25, 0.3) is 10.9 Å². The van der Waals surface area contributed by atoms with Crippen molar-refractivity contribution >= 4 is 28.2 Å². The zero-order chi connectivity index (χ0) is 13.4. The Kier molecular flexibility index (Phi) is 3.29. The number of nitrogens with two attached hydrogens (primary N) is 1. The number of benzene rings is 1. The molecule has 5 heteroatoms. The second-order valence-electron chi connectivity index (χ2n) is 4.90. The summed E-state index contributed by atoms with van der Waals surface area (Å²) in [5, 5.41) is 1.06. The summed E-state index contributed by atoms with van der Waals surface area (Å²) in [4.78, 5) is 4.59. The van der Waals surface area contributed by atoms with Crippen LogP contribution in [0.4, 0.5) is 10.1 Å². The summed E-state index contributed by atoms with van der Waals surface area (Å²) < 4.78 is 13.5. The first-order valence-corrected chi connectivity index (χ1v) is 6.85. The van der Waals surface area contributed by atoms with Crippen molar-refractivity contribution in [3.05, 3.63) is 34.2 Å². The molecule has 1 aromatic heterocycles. The Morgan fingerprint density at radius 2 is 2.00 bits per heavy atom. The van der Waals surface area contributed by atoms with Crippen LogP contribution in [-0.2, 0) is 12.8 Å². The molecule has 0 bridgehead atoms. The molecule has 0 spiro atoms. The van der Waals surface area contributed by atoms with Gasteiger partial charge in [-0.15, -0.1) is 0 Å². The van der Waals surface area contributed by atoms with Crippen molar-refractivity contribution < 1.29 is 4.39 Å². The normalized spacial score (nSPS) is 15.1. The van der Waals surface area contributed by atoms with E-state index in [2.05, 4.69) is 10.4 Å². The molecule has 100 valence electrons. The first-order valence-electron chi connectivity index (χ1n) is 6.48. The molecule has 19 heavy (non-hydrogen) atoms. The maximum Gasteiger partial charge on any atom is 0.126 e. The number of hydrazine groups is 1. The molecule has 1 heterocycles. The Balaban J connectivity index is 2.36. The molecule has 1 aliphatic carbocycles. The summed E-state index contributed by atoms with van der Waals surface area (Å²) in [5.74, 6) is 5.29. The minimum atomic E-state index is -0.374. The quantitative estimate of drug-likeness (QED) is 0.476. The van der Waals surface area contributed by atoms with Gasteiger partial charge in [0.15, 0.2) is 0 Å². The highest BCUT2D eigenvalue weighted by atomic mass is 35.5. The minimum absolute atomic E-state index is 0.350. The molecule has 3 nitrogen and oxygen atoms in total. The number of aryl methyl sites for hydroxylation is 1. The van der Waals surface area contributed by atoms with Gasteiger partial charge in [-0.05, 0) is 37.3 Å². The third kappa shape index (κ3) is 2.15. The Morgan fingerprint density at radius 3 is 2.79 bits per heavy atom. The molecule has 0 atom stereocenters. The molecule has 0 aliphatic heterocycles. The number of hydrogen-bond acceptors (Lipinski definition) is 3. The number of pyridine rings is 1. The van der Waals surface area contributed by atoms with Gasteiger partial charge in [0.25, 0.3) is 0 Å². The molecule has 0 amide bonds. The molecule has 0 saturated carbocycles. The van der Waals surface area contributed by atoms with E-state index in [4.69, 9.17) is 17.4 Å². The Labute approximate surface area is 115 Å². The zero-order valence-corrected chi connectivity index (χ0v) is 11.2. The smallest absolute Gasteiger partial charge is 0.126 e. The van der Waals surface area contributed by atoms with E-state index in [9.17, 15) is 4.39 Å². The molecular formula is C14H15ClFN3. The molecule has 0 radical (unpaired) electrons. The topological polar surface area (TPSA) is 50.9 Å². The summed E-state index contributed by atoms with van der Waals surface area (Å²) >= 11 is 6.15. The molecule has 2 aromatic rings. The van der Waals surface area contributed by atoms with Crippen molar-refractivity contribution in [2.75, 3.05) is 5.43 Å². The van der Waals surface area contributed by atoms with Crippen LogP contribution in [0.2, 0.25) is 5.02 Å². The van der Waals surface area contributed by atoms with E-state index >= 15 is 0 Å². The highest BCUT2D eigenvalue weighted by Gasteiger charge is 2.18. The van der Waals surface area contributed by atoms with Crippen molar-refractivity contribution in [1.29, 1.82) is 0 Å². The number of nitrogens with one attached hydrogen (secondary N) is 1. The number of nitrogen functional groups attached to an aromatic ring is 1. The number of fused-ring (bicyclic) bond motifs is 2. The van der Waals surface area contributed by atoms with E-state index in [0.717, 1.165) is 42.6 Å². The van der Waals surface area contributed by atoms with Gasteiger partial charge >= 0.3 is 0 Å². The SMILES string of the molecule is NNc1c2c(nc3cc(F)cc(Cl)c13)CCCCC2. The van der Waals surface area contributed by atoms with E-state index in [-0.39, 0.29) is 5.82 Å². The third-order valence-electron chi connectivity index (χ3n) is 3.67. The Hall–Kier alpha value is -1.39. The Morgan fingerprint density at radius 1 is 1.21 bits per heavy atom. The van der Waals surface area contributed by atoms with Crippen LogP contribution in [0.3, 0.4) is 0 Å². The zero-order valence-electron chi connectivity index (χ0n) is 10.5. The average Bonchev–Trinajstić information content (AvgIpc) is 2.60. The molecule has 3 rings (SSSR count). The fourth-order valence-corrected chi connectivity index (χ4v) is 3.11. The van der Waals surface area contributed by atoms with Crippen LogP contribution in [0, 0.1) is 5.82 Å². The van der Waals surface area contributed by atoms with Gasteiger partial charge in [-0.3, -0.25) is 10.8 Å². The molecule has 0 fully saturated rings. The van der Waals surface area contributed by atoms with Crippen LogP contribution in [0.15, 0.2) is 12.1 Å². The van der Waals surface area contributed by atoms with Crippen LogP contribution >= 0.6 is 11.6 Å². The maximum atomic E-state index is 13.5. The number of nitrogens with zero attached hydrogens (tertiary/aromatic N) is 1. The minimum Gasteiger partial charge on any atom is -0.323 e. The summed E-state index contributed by atoms with van der Waals surface area (Å²) in [7, 11) is 0. The van der Waals surface area contributed by atoms with Gasteiger partial charge < -0.3 is 5.43 Å². The van der Waals surface area contributed by atoms with Crippen molar-refractivity contribution in [2.24, 2.45) is 5.84 Å². The first kappa shape index (κ1) is 12.6. The molecule has 0 saturated heterocycles. The number of aromatic nitrogens is 1. The highest BCUT2D eigenvalue weighted by Crippen LogP contribution is 2.36. The first-order chi connectivity index (χ1) is 9.20. The van der Waals surface area contributed by atoms with Crippen LogP contribution in [-0.4, -0.2) is 4.98 Å². The number of halogens is 2. The van der Waals surface area contributed by atoms with Crippen molar-refractivity contribution in [3.8, 4) is 0 Å². The predicted molar refractivity (Wildman–Crippen MR) is 75.8 cm³/mol. The van der Waals surface area contributed by atoms with Gasteiger partial charge in [0, 0.05) is 17.1 Å². The Bertz CT molecular complexity index is 642. The molecule has 3 N–H and O–H groups in total. The lowest BCUT2D eigenvalue weighted by atomic mass is 10.0. The van der Waals surface area contributed by atoms with Gasteiger partial charge in [0.1, 0.15) is 5.82 Å². The standard InChI is InChI=1S/C14H15ClFN3/c15-10-6-8(16)7-12-13(10)14(19-17)9-4-2-1-3-5-11(9)18-12/h6-7H,1-5,17H2,(H,18,19). The summed E-state index contributed by atoms with van der Waals surface area (Å²) in [6.07, 6.45) is 5.25. The van der Waals surface area contributed by atoms with Gasteiger partial charge in [-0.25, -0.2) is 4.39 Å². The lowest BCUT2D eigenvalue weighted by molar-refractivity contribution is 0.629. The summed E-state index contributed by atoms with van der Waals surface area (Å²) in [6.45, 7) is 0. The second-order valence-corrected chi connectivity index (χ2v) is 5.31. The molecule has 0 unspecified atom stereocenters. The lowest BCUT2D eigenvalue weighted by Gasteiger charge is -2.15. The van der Waals surface area contributed by atoms with E-state index < -0.39 is 0 Å². The van der Waals surface area contributed by atoms with Gasteiger partial charge in [0.05, 0.1) is 16.2 Å². The average molecular weight is 280 g/mol. The van der Waals surface area contributed by atoms with Crippen molar-refractivity contribution in [3.63, 3.8) is 0 Å². The van der Waals surface area contributed by atoms with E-state index in [0.29, 0.717) is 15.9 Å². The van der Waals surface area contributed by atoms with E-state index in [1.54, 1.807) is 0 Å². The van der Waals surface area contributed by atoms with Crippen LogP contribution in [0.1, 0.15) is 30.5 Å². The third-order valence-corrected chi connectivity index (χ3v) is 3.97. The van der Waals surface area contributed by atoms with Crippen LogP contribution < -0.4 is 11.3 Å². The maximum absolute atomic E-state index is 13.5. The highest BCUT2D eigenvalue weighted by molar-refractivity contribution is 6.36. The predicted octanol–water partition coefficient (Wildman–Crippen LogP) is 3.58. The fourth-order valence-electron chi connectivity index (χ4n) is 2.81. The van der Waals surface area contributed by atoms with Gasteiger partial charge in [-0.1, -0.05) is 18.0 Å². The summed E-state index contributed by atoms with van der Waals surface area (Å²) in [6, 6.07) is 2.71. The lowest BCUT2D eigenvalue weighted by Crippen LogP contribution is -2.12. The largest absolute Gasteiger partial charge is 0.323 e. The van der Waals surface area contributed by atoms with Crippen molar-refractivity contribution in [1.82, 2.24) is 4.98 Å². The number of rotatable bonds is 1. The van der Waals surface area contributed by atoms with Crippen molar-refractivity contribution in [2.45, 2.75) is 32.1 Å². The van der Waals surface area contributed by atoms with Gasteiger partial charge in [0.2, 0.25) is 0 Å². The van der Waals surface area contributed by atoms with E-state index in [1.165, 1.54) is 18.6 Å². The molecule has 1 aliphatic rings. The van der Waals surface area contributed by atoms with Crippen LogP contribution in [0.5, 0.6) is 0 Å². The number of hydrogen-bond donors (Lipinski definition) is 2. The molecular weight excluding hydrogens is 265 g/mol. The van der Waals surface area contributed by atoms with E-state index in [1.807, 2.05) is 0 Å². The van der Waals surface area contributed by atoms with Gasteiger partial charge in [-0.2, -0.15) is 0 Å². The second kappa shape index (κ2) is 4.94. The molecule has 1 aromatic carbocycles. The number of anilines is 1. The summed E-state index contributed by atoms with van der Waals surface area (Å²) in [5.41, 5.74) is 6.24. The fraction of sp³-hybridized carbons (Fsp3) is 0.357.